The van der Waals surface area contributed by atoms with Crippen molar-refractivity contribution in [1.82, 2.24) is 10.5 Å². The fraction of sp³-hybridized carbons (Fsp3) is 0.400. The molecule has 0 fully saturated rings. The molecular formula is C20H28N6O3. The summed E-state index contributed by atoms with van der Waals surface area (Å²) in [6.07, 6.45) is 3.94. The summed E-state index contributed by atoms with van der Waals surface area (Å²) in [5, 5.41) is 14.0. The minimum absolute atomic E-state index is 0.259. The summed E-state index contributed by atoms with van der Waals surface area (Å²) in [4.78, 5) is 19.4. The number of carbonyl (C=O) groups is 1. The monoisotopic (exact) mass is 400 g/mol. The van der Waals surface area contributed by atoms with Crippen LogP contribution >= 0.6 is 0 Å². The molecule has 0 atom stereocenters. The number of rotatable bonds is 8. The molecular weight excluding hydrogens is 372 g/mol. The lowest BCUT2D eigenvalue weighted by Crippen LogP contribution is -2.31. The van der Waals surface area contributed by atoms with Crippen molar-refractivity contribution in [3.05, 3.63) is 35.7 Å². The second-order valence-electron chi connectivity index (χ2n) is 6.61. The van der Waals surface area contributed by atoms with E-state index in [1.165, 1.54) is 0 Å². The predicted octanol–water partition coefficient (Wildman–Crippen LogP) is 2.35. The molecule has 0 saturated heterocycles. The zero-order chi connectivity index (χ0) is 21.0. The second-order valence-corrected chi connectivity index (χ2v) is 6.61. The van der Waals surface area contributed by atoms with Gasteiger partial charge in [0.1, 0.15) is 5.75 Å². The van der Waals surface area contributed by atoms with Crippen LogP contribution in [0.25, 0.3) is 0 Å². The van der Waals surface area contributed by atoms with E-state index in [-0.39, 0.29) is 5.91 Å². The Kier molecular flexibility index (Phi) is 6.40. The number of fused-ring (bicyclic) bond motifs is 1. The number of aliphatic hydroxyl groups is 1. The smallest absolute Gasteiger partial charge is 0.259 e. The Bertz CT molecular complexity index is 885. The number of anilines is 4. The Labute approximate surface area is 170 Å². The third-order valence-electron chi connectivity index (χ3n) is 5.01. The molecule has 1 amide bonds. The minimum atomic E-state index is -0.398. The molecule has 0 radical (unpaired) electrons. The lowest BCUT2D eigenvalue weighted by atomic mass is 10.1. The first-order valence-corrected chi connectivity index (χ1v) is 9.74. The van der Waals surface area contributed by atoms with Gasteiger partial charge in [-0.25, -0.2) is 0 Å². The first kappa shape index (κ1) is 20.7. The zero-order valence-electron chi connectivity index (χ0n) is 17.2. The lowest BCUT2D eigenvalue weighted by molar-refractivity contribution is 0.0975. The van der Waals surface area contributed by atoms with E-state index in [2.05, 4.69) is 40.0 Å². The fourth-order valence-electron chi connectivity index (χ4n) is 3.42. The molecule has 9 heteroatoms. The molecule has 3 rings (SSSR count). The number of benzene rings is 1. The number of aromatic nitrogens is 1. The third kappa shape index (κ3) is 4.06. The van der Waals surface area contributed by atoms with Crippen LogP contribution in [0.4, 0.5) is 22.7 Å². The van der Waals surface area contributed by atoms with Crippen LogP contribution in [0.15, 0.2) is 24.5 Å². The van der Waals surface area contributed by atoms with Crippen LogP contribution in [0, 0.1) is 0 Å². The first-order chi connectivity index (χ1) is 14.0. The molecule has 9 nitrogen and oxygen atoms in total. The number of nitrogens with one attached hydrogen (secondary N) is 3. The van der Waals surface area contributed by atoms with Crippen molar-refractivity contribution in [3.63, 3.8) is 0 Å². The van der Waals surface area contributed by atoms with Crippen molar-refractivity contribution in [1.29, 1.82) is 0 Å². The van der Waals surface area contributed by atoms with E-state index in [1.807, 2.05) is 26.1 Å². The topological polar surface area (TPSA) is 102 Å². The van der Waals surface area contributed by atoms with Crippen molar-refractivity contribution >= 4 is 28.7 Å². The average molecular weight is 400 g/mol. The molecule has 1 aromatic heterocycles. The highest BCUT2D eigenvalue weighted by Crippen LogP contribution is 2.36. The number of hydrogen-bond donors (Lipinski definition) is 4. The van der Waals surface area contributed by atoms with Gasteiger partial charge in [0.05, 0.1) is 34.5 Å². The van der Waals surface area contributed by atoms with Crippen LogP contribution in [0.2, 0.25) is 0 Å². The molecule has 29 heavy (non-hydrogen) atoms. The maximum absolute atomic E-state index is 13.1. The van der Waals surface area contributed by atoms with Crippen LogP contribution in [-0.2, 0) is 6.42 Å². The highest BCUT2D eigenvalue weighted by Gasteiger charge is 2.24. The summed E-state index contributed by atoms with van der Waals surface area (Å²) in [6, 6.07) is 3.78. The molecule has 1 aliphatic rings. The fourth-order valence-corrected chi connectivity index (χ4v) is 3.42. The zero-order valence-corrected chi connectivity index (χ0v) is 17.2. The van der Waals surface area contributed by atoms with E-state index >= 15 is 0 Å². The van der Waals surface area contributed by atoms with Crippen molar-refractivity contribution in [2.24, 2.45) is 0 Å². The largest absolute Gasteiger partial charge is 0.467 e. The Morgan fingerprint density at radius 2 is 2.03 bits per heavy atom. The summed E-state index contributed by atoms with van der Waals surface area (Å²) in [7, 11) is 1.84. The predicted molar refractivity (Wildman–Crippen MR) is 114 cm³/mol. The van der Waals surface area contributed by atoms with Crippen LogP contribution in [0.5, 0.6) is 5.75 Å². The molecule has 0 aliphatic carbocycles. The summed E-state index contributed by atoms with van der Waals surface area (Å²) in [5.41, 5.74) is 10.3. The molecule has 0 saturated carbocycles. The number of aryl methyl sites for hydroxylation is 1. The summed E-state index contributed by atoms with van der Waals surface area (Å²) < 4.78 is 5.41. The van der Waals surface area contributed by atoms with Gasteiger partial charge in [0, 0.05) is 32.4 Å². The molecule has 2 aromatic rings. The Hall–Kier alpha value is -3.04. The van der Waals surface area contributed by atoms with Gasteiger partial charge in [0.2, 0.25) is 0 Å². The summed E-state index contributed by atoms with van der Waals surface area (Å²) in [5.74, 6) is 0.356. The maximum atomic E-state index is 13.1. The van der Waals surface area contributed by atoms with E-state index in [0.717, 1.165) is 30.0 Å². The van der Waals surface area contributed by atoms with E-state index in [9.17, 15) is 9.90 Å². The number of amides is 1. The number of pyridine rings is 1. The van der Waals surface area contributed by atoms with Gasteiger partial charge in [-0.3, -0.25) is 14.8 Å². The van der Waals surface area contributed by atoms with Gasteiger partial charge in [-0.2, -0.15) is 0 Å². The number of aliphatic hydroxyl groups excluding tert-OH is 1. The van der Waals surface area contributed by atoms with Gasteiger partial charge in [0.15, 0.2) is 6.79 Å². The van der Waals surface area contributed by atoms with Crippen molar-refractivity contribution in [2.75, 3.05) is 47.6 Å². The molecule has 2 heterocycles. The molecule has 0 bridgehead atoms. The molecule has 0 spiro atoms. The van der Waals surface area contributed by atoms with Crippen molar-refractivity contribution < 1.29 is 14.6 Å². The number of ether oxygens (including phenoxy) is 1. The number of carbonyl (C=O) groups excluding carboxylic acids is 1. The molecule has 1 aliphatic heterocycles. The SMILES string of the molecule is CCc1cc(NC(=O)c2cncc3c2NNN3C)c(N(CC)CC)cc1OCO. The quantitative estimate of drug-likeness (QED) is 0.501. The van der Waals surface area contributed by atoms with Gasteiger partial charge >= 0.3 is 0 Å². The van der Waals surface area contributed by atoms with Crippen LogP contribution in [0.3, 0.4) is 0 Å². The highest BCUT2D eigenvalue weighted by atomic mass is 16.6. The second kappa shape index (κ2) is 8.97. The minimum Gasteiger partial charge on any atom is -0.467 e. The van der Waals surface area contributed by atoms with Crippen LogP contribution < -0.4 is 30.9 Å². The molecule has 0 unspecified atom stereocenters. The van der Waals surface area contributed by atoms with Gasteiger partial charge in [-0.05, 0) is 31.9 Å². The highest BCUT2D eigenvalue weighted by molar-refractivity contribution is 6.11. The van der Waals surface area contributed by atoms with E-state index < -0.39 is 6.79 Å². The van der Waals surface area contributed by atoms with Gasteiger partial charge in [-0.15, -0.1) is 5.53 Å². The normalized spacial score (nSPS) is 12.4. The summed E-state index contributed by atoms with van der Waals surface area (Å²) in [6.45, 7) is 7.24. The average Bonchev–Trinajstić information content (AvgIpc) is 3.11. The number of nitrogens with zero attached hydrogens (tertiary/aromatic N) is 3. The van der Waals surface area contributed by atoms with E-state index in [1.54, 1.807) is 17.4 Å². The number of hydrazine groups is 2. The first-order valence-electron chi connectivity index (χ1n) is 9.74. The van der Waals surface area contributed by atoms with Gasteiger partial charge in [-0.1, -0.05) is 6.92 Å². The lowest BCUT2D eigenvalue weighted by Gasteiger charge is -2.26. The van der Waals surface area contributed by atoms with Gasteiger partial charge in [0.25, 0.3) is 5.91 Å². The van der Waals surface area contributed by atoms with Crippen LogP contribution in [0.1, 0.15) is 36.7 Å². The molecule has 1 aromatic carbocycles. The van der Waals surface area contributed by atoms with Crippen LogP contribution in [-0.4, -0.2) is 42.9 Å². The van der Waals surface area contributed by atoms with Crippen molar-refractivity contribution in [3.8, 4) is 5.75 Å². The Morgan fingerprint density at radius 3 is 2.69 bits per heavy atom. The van der Waals surface area contributed by atoms with Gasteiger partial charge < -0.3 is 25.5 Å². The number of hydrogen-bond acceptors (Lipinski definition) is 8. The molecule has 156 valence electrons. The third-order valence-corrected chi connectivity index (χ3v) is 5.01. The standard InChI is InChI=1S/C20H28N6O3/c1-5-13-8-15(16(26(6-2)7-3)9-18(13)29-12-27)22-20(28)14-10-21-11-17-19(14)23-24-25(17)4/h8-11,23-24,27H,5-7,12H2,1-4H3,(H,22,28). The summed E-state index contributed by atoms with van der Waals surface area (Å²) >= 11 is 0. The van der Waals surface area contributed by atoms with E-state index in [4.69, 9.17) is 4.74 Å². The Balaban J connectivity index is 2.00. The van der Waals surface area contributed by atoms with Crippen molar-refractivity contribution in [2.45, 2.75) is 27.2 Å². The van der Waals surface area contributed by atoms with E-state index in [0.29, 0.717) is 29.1 Å². The maximum Gasteiger partial charge on any atom is 0.259 e. The molecule has 4 N–H and O–H groups in total. The Morgan fingerprint density at radius 1 is 1.28 bits per heavy atom.